The van der Waals surface area contributed by atoms with E-state index in [9.17, 15) is 0 Å². The molecule has 4 heteroatoms. The topological polar surface area (TPSA) is 38.9 Å². The van der Waals surface area contributed by atoms with Crippen molar-refractivity contribution in [1.29, 1.82) is 0 Å². The third kappa shape index (κ3) is 2.44. The second-order valence-corrected chi connectivity index (χ2v) is 4.29. The quantitative estimate of drug-likeness (QED) is 0.707. The molecule has 0 bridgehead atoms. The number of hydrogen-bond donors (Lipinski definition) is 0. The molecule has 3 nitrogen and oxygen atoms in total. The van der Waals surface area contributed by atoms with E-state index in [1.54, 1.807) is 0 Å². The lowest BCUT2D eigenvalue weighted by Gasteiger charge is -2.08. The Hall–Kier alpha value is -0.570. The van der Waals surface area contributed by atoms with E-state index < -0.39 is 0 Å². The number of nitrogens with zero attached hydrogens (tertiary/aromatic N) is 2. The minimum Gasteiger partial charge on any atom is -0.339 e. The van der Waals surface area contributed by atoms with Gasteiger partial charge in [-0.05, 0) is 12.8 Å². The Kier molecular flexibility index (Phi) is 3.31. The van der Waals surface area contributed by atoms with Crippen LogP contribution in [-0.4, -0.2) is 10.1 Å². The van der Waals surface area contributed by atoms with Crippen LogP contribution in [0.1, 0.15) is 50.7 Å². The molecule has 0 spiro atoms. The molecule has 1 aromatic rings. The molecule has 0 aromatic carbocycles. The number of alkyl halides is 1. The van der Waals surface area contributed by atoms with Gasteiger partial charge in [-0.3, -0.25) is 0 Å². The lowest BCUT2D eigenvalue weighted by Crippen LogP contribution is -2.02. The maximum absolute atomic E-state index is 5.82. The van der Waals surface area contributed by atoms with Crippen LogP contribution in [0.5, 0.6) is 0 Å². The molecule has 0 saturated carbocycles. The Morgan fingerprint density at radius 1 is 1.23 bits per heavy atom. The minimum atomic E-state index is -0.183. The third-order valence-electron chi connectivity index (χ3n) is 2.20. The van der Waals surface area contributed by atoms with E-state index in [2.05, 4.69) is 30.9 Å². The summed E-state index contributed by atoms with van der Waals surface area (Å²) in [5, 5.41) is 3.62. The van der Waals surface area contributed by atoms with Crippen molar-refractivity contribution in [2.75, 3.05) is 0 Å². The average Bonchev–Trinajstić information content (AvgIpc) is 2.50. The van der Waals surface area contributed by atoms with Crippen LogP contribution in [0.15, 0.2) is 4.52 Å². The SMILES string of the molecule is CC(Cl)c1noc(C(C)C(C)C)n1. The van der Waals surface area contributed by atoms with E-state index in [0.717, 1.165) is 0 Å². The Bertz CT molecular complexity index is 270. The zero-order chi connectivity index (χ0) is 10.0. The van der Waals surface area contributed by atoms with E-state index in [4.69, 9.17) is 16.1 Å². The van der Waals surface area contributed by atoms with E-state index in [1.165, 1.54) is 0 Å². The van der Waals surface area contributed by atoms with Gasteiger partial charge in [-0.15, -0.1) is 11.6 Å². The fourth-order valence-corrected chi connectivity index (χ4v) is 0.968. The van der Waals surface area contributed by atoms with Crippen molar-refractivity contribution >= 4 is 11.6 Å². The van der Waals surface area contributed by atoms with Crippen LogP contribution in [0.25, 0.3) is 0 Å². The summed E-state index contributed by atoms with van der Waals surface area (Å²) in [6.45, 7) is 8.15. The highest BCUT2D eigenvalue weighted by Crippen LogP contribution is 2.24. The molecule has 0 amide bonds. The number of rotatable bonds is 3. The van der Waals surface area contributed by atoms with Gasteiger partial charge in [0.05, 0.1) is 5.38 Å². The van der Waals surface area contributed by atoms with E-state index in [-0.39, 0.29) is 11.3 Å². The number of halogens is 1. The van der Waals surface area contributed by atoms with Crippen LogP contribution in [0.4, 0.5) is 0 Å². The van der Waals surface area contributed by atoms with Crippen molar-refractivity contribution in [3.63, 3.8) is 0 Å². The molecule has 13 heavy (non-hydrogen) atoms. The normalized spacial score (nSPS) is 16.2. The van der Waals surface area contributed by atoms with Gasteiger partial charge in [0.25, 0.3) is 0 Å². The minimum absolute atomic E-state index is 0.183. The molecule has 1 rings (SSSR count). The molecule has 0 fully saturated rings. The molecule has 0 aliphatic heterocycles. The molecule has 2 atom stereocenters. The molecular weight excluding hydrogens is 188 g/mol. The van der Waals surface area contributed by atoms with Gasteiger partial charge in [0.1, 0.15) is 0 Å². The third-order valence-corrected chi connectivity index (χ3v) is 2.40. The monoisotopic (exact) mass is 202 g/mol. The second-order valence-electron chi connectivity index (χ2n) is 3.64. The maximum Gasteiger partial charge on any atom is 0.229 e. The molecule has 0 radical (unpaired) electrons. The Morgan fingerprint density at radius 2 is 1.85 bits per heavy atom. The van der Waals surface area contributed by atoms with E-state index in [0.29, 0.717) is 17.6 Å². The Labute approximate surface area is 83.5 Å². The predicted octanol–water partition coefficient (Wildman–Crippen LogP) is 3.13. The van der Waals surface area contributed by atoms with E-state index in [1.807, 2.05) is 6.92 Å². The summed E-state index contributed by atoms with van der Waals surface area (Å²) < 4.78 is 5.10. The molecule has 74 valence electrons. The van der Waals surface area contributed by atoms with Gasteiger partial charge in [0.15, 0.2) is 5.82 Å². The fourth-order valence-electron chi connectivity index (χ4n) is 0.879. The Morgan fingerprint density at radius 3 is 2.23 bits per heavy atom. The van der Waals surface area contributed by atoms with Crippen molar-refractivity contribution in [1.82, 2.24) is 10.1 Å². The molecule has 0 aliphatic carbocycles. The summed E-state index contributed by atoms with van der Waals surface area (Å²) in [4.78, 5) is 4.22. The Balaban J connectivity index is 2.79. The summed E-state index contributed by atoms with van der Waals surface area (Å²) in [7, 11) is 0. The number of aromatic nitrogens is 2. The zero-order valence-corrected chi connectivity index (χ0v) is 9.17. The first-order chi connectivity index (χ1) is 6.02. The van der Waals surface area contributed by atoms with Crippen LogP contribution in [0, 0.1) is 5.92 Å². The van der Waals surface area contributed by atoms with Crippen molar-refractivity contribution in [2.24, 2.45) is 5.92 Å². The molecule has 1 heterocycles. The summed E-state index contributed by atoms with van der Waals surface area (Å²) >= 11 is 5.82. The van der Waals surface area contributed by atoms with Crippen LogP contribution >= 0.6 is 11.6 Å². The van der Waals surface area contributed by atoms with Crippen LogP contribution in [0.2, 0.25) is 0 Å². The van der Waals surface area contributed by atoms with Crippen molar-refractivity contribution in [3.05, 3.63) is 11.7 Å². The van der Waals surface area contributed by atoms with Gasteiger partial charge in [-0.2, -0.15) is 4.98 Å². The van der Waals surface area contributed by atoms with Crippen molar-refractivity contribution in [3.8, 4) is 0 Å². The first-order valence-electron chi connectivity index (χ1n) is 4.50. The van der Waals surface area contributed by atoms with Gasteiger partial charge < -0.3 is 4.52 Å². The van der Waals surface area contributed by atoms with Crippen LogP contribution in [-0.2, 0) is 0 Å². The van der Waals surface area contributed by atoms with Crippen molar-refractivity contribution in [2.45, 2.75) is 39.0 Å². The highest BCUT2D eigenvalue weighted by Gasteiger charge is 2.18. The zero-order valence-electron chi connectivity index (χ0n) is 8.41. The molecule has 0 aliphatic rings. The average molecular weight is 203 g/mol. The second kappa shape index (κ2) is 4.09. The maximum atomic E-state index is 5.82. The highest BCUT2D eigenvalue weighted by atomic mass is 35.5. The summed E-state index contributed by atoms with van der Waals surface area (Å²) in [5.74, 6) is 2.04. The standard InChI is InChI=1S/C9H15ClN2O/c1-5(2)6(3)9-11-8(7(4)10)12-13-9/h5-7H,1-4H3. The van der Waals surface area contributed by atoms with Gasteiger partial charge in [-0.1, -0.05) is 25.9 Å². The van der Waals surface area contributed by atoms with Crippen LogP contribution in [0.3, 0.4) is 0 Å². The molecular formula is C9H15ClN2O. The van der Waals surface area contributed by atoms with Gasteiger partial charge in [0, 0.05) is 5.92 Å². The van der Waals surface area contributed by atoms with Gasteiger partial charge in [-0.25, -0.2) is 0 Å². The first kappa shape index (κ1) is 10.5. The molecule has 1 aromatic heterocycles. The number of hydrogen-bond acceptors (Lipinski definition) is 3. The lowest BCUT2D eigenvalue weighted by atomic mass is 9.98. The summed E-state index contributed by atoms with van der Waals surface area (Å²) in [6, 6.07) is 0. The summed E-state index contributed by atoms with van der Waals surface area (Å²) in [5.41, 5.74) is 0. The molecule has 2 unspecified atom stereocenters. The summed E-state index contributed by atoms with van der Waals surface area (Å²) in [6.07, 6.45) is 0. The van der Waals surface area contributed by atoms with Gasteiger partial charge >= 0.3 is 0 Å². The lowest BCUT2D eigenvalue weighted by molar-refractivity contribution is 0.329. The van der Waals surface area contributed by atoms with Crippen molar-refractivity contribution < 1.29 is 4.52 Å². The molecule has 0 saturated heterocycles. The predicted molar refractivity (Wildman–Crippen MR) is 51.8 cm³/mol. The first-order valence-corrected chi connectivity index (χ1v) is 4.93. The highest BCUT2D eigenvalue weighted by molar-refractivity contribution is 6.20. The fraction of sp³-hybridized carbons (Fsp3) is 0.778. The van der Waals surface area contributed by atoms with Crippen LogP contribution < -0.4 is 0 Å². The smallest absolute Gasteiger partial charge is 0.229 e. The molecule has 0 N–H and O–H groups in total. The van der Waals surface area contributed by atoms with Gasteiger partial charge in [0.2, 0.25) is 5.89 Å². The largest absolute Gasteiger partial charge is 0.339 e. The van der Waals surface area contributed by atoms with E-state index >= 15 is 0 Å².